The van der Waals surface area contributed by atoms with E-state index in [1.54, 1.807) is 0 Å². The first-order chi connectivity index (χ1) is 15.0. The molecule has 2 aliphatic heterocycles. The van der Waals surface area contributed by atoms with Gasteiger partial charge in [-0.3, -0.25) is 0 Å². The second-order valence-corrected chi connectivity index (χ2v) is 10.8. The van der Waals surface area contributed by atoms with E-state index in [4.69, 9.17) is 12.2 Å². The van der Waals surface area contributed by atoms with Gasteiger partial charge in [0.05, 0.1) is 11.4 Å². The molecule has 6 heteroatoms. The predicted octanol–water partition coefficient (Wildman–Crippen LogP) is 6.90. The molecule has 2 aromatic carbocycles. The lowest BCUT2D eigenvalue weighted by atomic mass is 10.1. The van der Waals surface area contributed by atoms with Crippen LogP contribution in [0.15, 0.2) is 52.3 Å². The van der Waals surface area contributed by atoms with E-state index in [9.17, 15) is 0 Å². The van der Waals surface area contributed by atoms with Gasteiger partial charge in [0.25, 0.3) is 0 Å². The maximum atomic E-state index is 5.76. The average molecular weight is 490 g/mol. The summed E-state index contributed by atoms with van der Waals surface area (Å²) in [6.45, 7) is 11.4. The molecule has 32 heavy (non-hydrogen) atoms. The van der Waals surface area contributed by atoms with Gasteiger partial charge in [-0.1, -0.05) is 56.0 Å². The fourth-order valence-corrected chi connectivity index (χ4v) is 5.92. The summed E-state index contributed by atoms with van der Waals surface area (Å²) >= 11 is 7.63. The van der Waals surface area contributed by atoms with E-state index in [2.05, 4.69) is 78.4 Å². The molecule has 1 fully saturated rings. The van der Waals surface area contributed by atoms with E-state index in [0.29, 0.717) is 6.04 Å². The minimum absolute atomic E-state index is 0. The van der Waals surface area contributed by atoms with Crippen molar-refractivity contribution >= 4 is 52.8 Å². The zero-order valence-corrected chi connectivity index (χ0v) is 21.9. The molecule has 4 rings (SSSR count). The molecule has 1 N–H and O–H groups in total. The van der Waals surface area contributed by atoms with Gasteiger partial charge < -0.3 is 15.1 Å². The summed E-state index contributed by atoms with van der Waals surface area (Å²) in [7, 11) is 0. The van der Waals surface area contributed by atoms with Crippen LogP contribution in [0.3, 0.4) is 0 Å². The first-order valence-corrected chi connectivity index (χ1v) is 13.0. The van der Waals surface area contributed by atoms with Crippen molar-refractivity contribution in [2.45, 2.75) is 62.3 Å². The number of thiocarbonyl (C=S) groups is 1. The van der Waals surface area contributed by atoms with Crippen molar-refractivity contribution in [1.82, 2.24) is 10.2 Å². The van der Waals surface area contributed by atoms with Crippen LogP contribution in [0, 0.1) is 5.92 Å². The van der Waals surface area contributed by atoms with Gasteiger partial charge in [-0.05, 0) is 75.9 Å². The van der Waals surface area contributed by atoms with Crippen molar-refractivity contribution < 1.29 is 0 Å². The highest BCUT2D eigenvalue weighted by Gasteiger charge is 2.29. The molecule has 0 spiro atoms. The molecular formula is C26H36ClN3S2. The molecule has 3 nitrogen and oxygen atoms in total. The molecule has 0 saturated carbocycles. The van der Waals surface area contributed by atoms with Gasteiger partial charge in [-0.25, -0.2) is 0 Å². The number of hydrogen-bond donors (Lipinski definition) is 1. The van der Waals surface area contributed by atoms with Gasteiger partial charge in [0.1, 0.15) is 4.99 Å². The van der Waals surface area contributed by atoms with Gasteiger partial charge in [-0.2, -0.15) is 0 Å². The Hall–Kier alpha value is -1.27. The Balaban J connectivity index is 0.00000289. The van der Waals surface area contributed by atoms with E-state index in [1.807, 2.05) is 11.8 Å². The van der Waals surface area contributed by atoms with Crippen molar-refractivity contribution in [2.24, 2.45) is 5.92 Å². The van der Waals surface area contributed by atoms with Crippen LogP contribution in [-0.4, -0.2) is 42.1 Å². The van der Waals surface area contributed by atoms with Gasteiger partial charge in [0.15, 0.2) is 0 Å². The normalized spacial score (nSPS) is 16.3. The highest BCUT2D eigenvalue weighted by molar-refractivity contribution is 7.99. The molecule has 1 atom stereocenters. The Morgan fingerprint density at radius 3 is 2.50 bits per heavy atom. The summed E-state index contributed by atoms with van der Waals surface area (Å²) in [5, 5.41) is 3.48. The number of nitrogens with one attached hydrogen (secondary N) is 1. The van der Waals surface area contributed by atoms with Crippen molar-refractivity contribution in [3.8, 4) is 0 Å². The molecular weight excluding hydrogens is 454 g/mol. The minimum atomic E-state index is 0. The smallest absolute Gasteiger partial charge is 0.106 e. The second-order valence-electron chi connectivity index (χ2n) is 9.27. The SMILES string of the molecule is CC(C)CCCNC(=S)c1ccc2c(c1)N([C@H](C)CN1CCCC1)c1ccccc1S2.Cl. The first-order valence-electron chi connectivity index (χ1n) is 11.7. The van der Waals surface area contributed by atoms with Crippen LogP contribution in [0.25, 0.3) is 0 Å². The third kappa shape index (κ3) is 5.99. The van der Waals surface area contributed by atoms with Crippen LogP contribution in [0.1, 0.15) is 52.0 Å². The van der Waals surface area contributed by atoms with Crippen LogP contribution in [-0.2, 0) is 0 Å². The summed E-state index contributed by atoms with van der Waals surface area (Å²) < 4.78 is 0. The zero-order valence-electron chi connectivity index (χ0n) is 19.5. The quantitative estimate of drug-likeness (QED) is 0.320. The van der Waals surface area contributed by atoms with Crippen LogP contribution in [0.4, 0.5) is 11.4 Å². The molecule has 2 aromatic rings. The lowest BCUT2D eigenvalue weighted by Gasteiger charge is -2.39. The largest absolute Gasteiger partial charge is 0.376 e. The molecule has 0 aliphatic carbocycles. The van der Waals surface area contributed by atoms with Crippen molar-refractivity contribution in [3.63, 3.8) is 0 Å². The molecule has 1 saturated heterocycles. The van der Waals surface area contributed by atoms with Crippen molar-refractivity contribution in [1.29, 1.82) is 0 Å². The number of rotatable bonds is 8. The summed E-state index contributed by atoms with van der Waals surface area (Å²) in [5.41, 5.74) is 3.73. The van der Waals surface area contributed by atoms with Crippen LogP contribution >= 0.6 is 36.4 Å². The number of likely N-dealkylation sites (tertiary alicyclic amines) is 1. The molecule has 0 aromatic heterocycles. The summed E-state index contributed by atoms with van der Waals surface area (Å²) in [6, 6.07) is 16.0. The summed E-state index contributed by atoms with van der Waals surface area (Å²) in [6.07, 6.45) is 5.05. The number of fused-ring (bicyclic) bond motifs is 2. The highest BCUT2D eigenvalue weighted by Crippen LogP contribution is 2.49. The first kappa shape index (κ1) is 25.4. The second kappa shape index (κ2) is 11.7. The maximum Gasteiger partial charge on any atom is 0.106 e. The molecule has 0 amide bonds. The van der Waals surface area contributed by atoms with E-state index in [0.717, 1.165) is 36.0 Å². The fraction of sp³-hybridized carbons (Fsp3) is 0.500. The standard InChI is InChI=1S/C26H35N3S2.ClH/c1-19(2)9-8-14-27-26(30)21-12-13-25-23(17-21)29(20(3)18-28-15-6-7-16-28)22-10-4-5-11-24(22)31-25;/h4-5,10-13,17,19-20H,6-9,14-16,18H2,1-3H3,(H,27,30);1H/t20-;/m1./s1. The highest BCUT2D eigenvalue weighted by atomic mass is 35.5. The molecule has 0 unspecified atom stereocenters. The third-order valence-electron chi connectivity index (χ3n) is 6.23. The Labute approximate surface area is 209 Å². The number of hydrogen-bond acceptors (Lipinski definition) is 4. The van der Waals surface area contributed by atoms with Crippen LogP contribution in [0.5, 0.6) is 0 Å². The maximum absolute atomic E-state index is 5.76. The summed E-state index contributed by atoms with van der Waals surface area (Å²) in [5.74, 6) is 0.738. The Morgan fingerprint density at radius 1 is 1.03 bits per heavy atom. The molecule has 2 heterocycles. The number of para-hydroxylation sites is 1. The third-order valence-corrected chi connectivity index (χ3v) is 7.74. The lowest BCUT2D eigenvalue weighted by Crippen LogP contribution is -2.40. The number of anilines is 2. The average Bonchev–Trinajstić information content (AvgIpc) is 3.27. The van der Waals surface area contributed by atoms with E-state index in [-0.39, 0.29) is 12.4 Å². The van der Waals surface area contributed by atoms with Gasteiger partial charge in [-0.15, -0.1) is 12.4 Å². The Kier molecular flexibility index (Phi) is 9.30. The number of nitrogens with zero attached hydrogens (tertiary/aromatic N) is 2. The minimum Gasteiger partial charge on any atom is -0.376 e. The fourth-order valence-electron chi connectivity index (χ4n) is 4.63. The van der Waals surface area contributed by atoms with Gasteiger partial charge in [0, 0.05) is 34.5 Å². The lowest BCUT2D eigenvalue weighted by molar-refractivity contribution is 0.319. The van der Waals surface area contributed by atoms with E-state index >= 15 is 0 Å². The van der Waals surface area contributed by atoms with Gasteiger partial charge >= 0.3 is 0 Å². The van der Waals surface area contributed by atoms with E-state index < -0.39 is 0 Å². The van der Waals surface area contributed by atoms with Gasteiger partial charge in [0.2, 0.25) is 0 Å². The zero-order chi connectivity index (χ0) is 21.8. The Morgan fingerprint density at radius 2 is 1.75 bits per heavy atom. The van der Waals surface area contributed by atoms with Crippen LogP contribution < -0.4 is 10.2 Å². The van der Waals surface area contributed by atoms with Crippen LogP contribution in [0.2, 0.25) is 0 Å². The summed E-state index contributed by atoms with van der Waals surface area (Å²) in [4.78, 5) is 8.68. The van der Waals surface area contributed by atoms with Crippen molar-refractivity contribution in [3.05, 3.63) is 48.0 Å². The molecule has 0 radical (unpaired) electrons. The topological polar surface area (TPSA) is 18.5 Å². The predicted molar refractivity (Wildman–Crippen MR) is 145 cm³/mol. The van der Waals surface area contributed by atoms with E-state index in [1.165, 1.54) is 53.5 Å². The molecule has 2 aliphatic rings. The molecule has 174 valence electrons. The number of benzene rings is 2. The monoisotopic (exact) mass is 489 g/mol. The Bertz CT molecular complexity index is 912. The molecule has 0 bridgehead atoms. The van der Waals surface area contributed by atoms with Crippen molar-refractivity contribution in [2.75, 3.05) is 31.1 Å². The number of halogens is 1.